The number of hydrogen-bond acceptors (Lipinski definition) is 6. The van der Waals surface area contributed by atoms with E-state index in [9.17, 15) is 4.79 Å². The number of morpholine rings is 1. The minimum absolute atomic E-state index is 0.00771. The van der Waals surface area contributed by atoms with E-state index in [1.54, 1.807) is 14.2 Å². The lowest BCUT2D eigenvalue weighted by atomic mass is 10.1. The van der Waals surface area contributed by atoms with Gasteiger partial charge >= 0.3 is 0 Å². The highest BCUT2D eigenvalue weighted by Gasteiger charge is 2.25. The topological polar surface area (TPSA) is 73.2 Å². The van der Waals surface area contributed by atoms with Gasteiger partial charge in [0.2, 0.25) is 5.91 Å². The van der Waals surface area contributed by atoms with Crippen LogP contribution in [-0.2, 0) is 16.0 Å². The van der Waals surface area contributed by atoms with Crippen LogP contribution in [0.5, 0.6) is 11.5 Å². The van der Waals surface area contributed by atoms with Gasteiger partial charge in [0.05, 0.1) is 33.5 Å². The van der Waals surface area contributed by atoms with Crippen molar-refractivity contribution < 1.29 is 23.4 Å². The maximum atomic E-state index is 12.5. The fourth-order valence-corrected chi connectivity index (χ4v) is 3.50. The summed E-state index contributed by atoms with van der Waals surface area (Å²) in [5.74, 6) is 3.20. The van der Waals surface area contributed by atoms with Gasteiger partial charge in [-0.05, 0) is 43.2 Å². The molecule has 0 saturated carbocycles. The van der Waals surface area contributed by atoms with Crippen LogP contribution in [-0.4, -0.2) is 57.9 Å². The van der Waals surface area contributed by atoms with Crippen molar-refractivity contribution in [3.63, 3.8) is 0 Å². The van der Waals surface area contributed by atoms with Gasteiger partial charge in [0.25, 0.3) is 0 Å². The van der Waals surface area contributed by atoms with Crippen molar-refractivity contribution in [3.05, 3.63) is 47.4 Å². The Morgan fingerprint density at radius 1 is 1.14 bits per heavy atom. The zero-order chi connectivity index (χ0) is 20.6. The van der Waals surface area contributed by atoms with E-state index in [-0.39, 0.29) is 11.9 Å². The molecule has 1 N–H and O–H groups in total. The number of carbonyl (C=O) groups is 1. The summed E-state index contributed by atoms with van der Waals surface area (Å²) in [4.78, 5) is 14.8. The smallest absolute Gasteiger partial charge is 0.220 e. The Morgan fingerprint density at radius 2 is 1.83 bits per heavy atom. The molecule has 1 aliphatic rings. The predicted molar refractivity (Wildman–Crippen MR) is 109 cm³/mol. The standard InChI is InChI=1S/C22H30N2O5/c1-16-4-6-21(29-16)20(24-8-10-28-11-9-24)15-23-22(25)7-5-17-12-18(26-2)14-19(13-17)27-3/h4,6,12-14,20H,5,7-11,15H2,1-3H3,(H,23,25). The molecule has 2 heterocycles. The Bertz CT molecular complexity index is 776. The van der Waals surface area contributed by atoms with Crippen LogP contribution in [0.1, 0.15) is 29.5 Å². The third-order valence-electron chi connectivity index (χ3n) is 5.12. The first-order chi connectivity index (χ1) is 14.1. The number of aryl methyl sites for hydroxylation is 2. The summed E-state index contributed by atoms with van der Waals surface area (Å²) in [6, 6.07) is 9.64. The molecule has 0 radical (unpaired) electrons. The monoisotopic (exact) mass is 402 g/mol. The third kappa shape index (κ3) is 5.98. The largest absolute Gasteiger partial charge is 0.497 e. The maximum Gasteiger partial charge on any atom is 0.220 e. The van der Waals surface area contributed by atoms with E-state index in [2.05, 4.69) is 10.2 Å². The molecule has 7 nitrogen and oxygen atoms in total. The SMILES string of the molecule is COc1cc(CCC(=O)NCC(c2ccc(C)o2)N2CCOCC2)cc(OC)c1. The Morgan fingerprint density at radius 3 is 2.41 bits per heavy atom. The van der Waals surface area contributed by atoms with Crippen molar-refractivity contribution in [2.75, 3.05) is 47.1 Å². The molecule has 1 aromatic carbocycles. The summed E-state index contributed by atoms with van der Waals surface area (Å²) in [5, 5.41) is 3.07. The molecule has 1 amide bonds. The van der Waals surface area contributed by atoms with Crippen molar-refractivity contribution in [1.82, 2.24) is 10.2 Å². The highest BCUT2D eigenvalue weighted by Crippen LogP contribution is 2.24. The van der Waals surface area contributed by atoms with Crippen molar-refractivity contribution in [2.24, 2.45) is 0 Å². The van der Waals surface area contributed by atoms with Crippen LogP contribution >= 0.6 is 0 Å². The lowest BCUT2D eigenvalue weighted by Crippen LogP contribution is -2.43. The van der Waals surface area contributed by atoms with Gasteiger partial charge in [-0.2, -0.15) is 0 Å². The predicted octanol–water partition coefficient (Wildman–Crippen LogP) is 2.73. The molecule has 1 aromatic heterocycles. The summed E-state index contributed by atoms with van der Waals surface area (Å²) in [6.07, 6.45) is 1.00. The van der Waals surface area contributed by atoms with Crippen LogP contribution in [0.15, 0.2) is 34.7 Å². The minimum atomic E-state index is 0.00771. The van der Waals surface area contributed by atoms with Gasteiger partial charge in [0, 0.05) is 32.1 Å². The van der Waals surface area contributed by atoms with E-state index >= 15 is 0 Å². The molecule has 1 saturated heterocycles. The van der Waals surface area contributed by atoms with Gasteiger partial charge in [0.15, 0.2) is 0 Å². The van der Waals surface area contributed by atoms with E-state index in [0.29, 0.717) is 32.6 Å². The van der Waals surface area contributed by atoms with E-state index in [1.165, 1.54) is 0 Å². The number of carbonyl (C=O) groups excluding carboxylic acids is 1. The number of ether oxygens (including phenoxy) is 3. The van der Waals surface area contributed by atoms with Crippen LogP contribution in [0.25, 0.3) is 0 Å². The zero-order valence-electron chi connectivity index (χ0n) is 17.4. The average molecular weight is 402 g/mol. The fraction of sp³-hybridized carbons (Fsp3) is 0.500. The van der Waals surface area contributed by atoms with Crippen molar-refractivity contribution in [3.8, 4) is 11.5 Å². The highest BCUT2D eigenvalue weighted by atomic mass is 16.5. The van der Waals surface area contributed by atoms with Gasteiger partial charge < -0.3 is 23.9 Å². The van der Waals surface area contributed by atoms with E-state index in [4.69, 9.17) is 18.6 Å². The second-order valence-electron chi connectivity index (χ2n) is 7.14. The number of rotatable bonds is 9. The van der Waals surface area contributed by atoms with Gasteiger partial charge in [0.1, 0.15) is 23.0 Å². The average Bonchev–Trinajstić information content (AvgIpc) is 3.18. The fourth-order valence-electron chi connectivity index (χ4n) is 3.50. The number of furan rings is 1. The van der Waals surface area contributed by atoms with Crippen molar-refractivity contribution in [2.45, 2.75) is 25.8 Å². The Hall–Kier alpha value is -2.51. The lowest BCUT2D eigenvalue weighted by molar-refractivity contribution is -0.121. The van der Waals surface area contributed by atoms with E-state index in [1.807, 2.05) is 37.3 Å². The van der Waals surface area contributed by atoms with Crippen LogP contribution < -0.4 is 14.8 Å². The van der Waals surface area contributed by atoms with Crippen LogP contribution in [0.4, 0.5) is 0 Å². The maximum absolute atomic E-state index is 12.5. The first kappa shape index (κ1) is 21.2. The first-order valence-electron chi connectivity index (χ1n) is 9.96. The molecule has 1 unspecified atom stereocenters. The molecule has 1 aliphatic heterocycles. The summed E-state index contributed by atoms with van der Waals surface area (Å²) in [7, 11) is 3.24. The number of hydrogen-bond donors (Lipinski definition) is 1. The molecule has 3 rings (SSSR count). The molecule has 2 aromatic rings. The molecule has 0 spiro atoms. The van der Waals surface area contributed by atoms with Gasteiger partial charge in [-0.15, -0.1) is 0 Å². The molecule has 7 heteroatoms. The highest BCUT2D eigenvalue weighted by molar-refractivity contribution is 5.76. The number of methoxy groups -OCH3 is 2. The molecule has 0 bridgehead atoms. The Labute approximate surface area is 171 Å². The molecule has 29 heavy (non-hydrogen) atoms. The molecular formula is C22H30N2O5. The molecular weight excluding hydrogens is 372 g/mol. The van der Waals surface area contributed by atoms with Crippen molar-refractivity contribution in [1.29, 1.82) is 0 Å². The van der Waals surface area contributed by atoms with Gasteiger partial charge in [-0.1, -0.05) is 0 Å². The van der Waals surface area contributed by atoms with Gasteiger partial charge in [-0.3, -0.25) is 9.69 Å². The number of nitrogens with one attached hydrogen (secondary N) is 1. The Kier molecular flexibility index (Phi) is 7.55. The van der Waals surface area contributed by atoms with Crippen LogP contribution in [0, 0.1) is 6.92 Å². The Balaban J connectivity index is 1.57. The second-order valence-corrected chi connectivity index (χ2v) is 7.14. The van der Waals surface area contributed by atoms with E-state index in [0.717, 1.165) is 41.7 Å². The quantitative estimate of drug-likeness (QED) is 0.695. The first-order valence-corrected chi connectivity index (χ1v) is 9.96. The number of amides is 1. The molecule has 1 atom stereocenters. The van der Waals surface area contributed by atoms with Crippen LogP contribution in [0.2, 0.25) is 0 Å². The lowest BCUT2D eigenvalue weighted by Gasteiger charge is -2.33. The second kappa shape index (κ2) is 10.3. The molecule has 158 valence electrons. The number of nitrogens with zero attached hydrogens (tertiary/aromatic N) is 1. The van der Waals surface area contributed by atoms with E-state index < -0.39 is 0 Å². The molecule has 1 fully saturated rings. The van der Waals surface area contributed by atoms with Gasteiger partial charge in [-0.25, -0.2) is 0 Å². The number of benzene rings is 1. The third-order valence-corrected chi connectivity index (χ3v) is 5.12. The summed E-state index contributed by atoms with van der Waals surface area (Å²) in [6.45, 7) is 5.48. The van der Waals surface area contributed by atoms with Crippen molar-refractivity contribution >= 4 is 5.91 Å². The summed E-state index contributed by atoms with van der Waals surface area (Å²) < 4.78 is 21.9. The summed E-state index contributed by atoms with van der Waals surface area (Å²) >= 11 is 0. The van der Waals surface area contributed by atoms with Crippen LogP contribution in [0.3, 0.4) is 0 Å². The minimum Gasteiger partial charge on any atom is -0.497 e. The zero-order valence-corrected chi connectivity index (χ0v) is 17.4. The summed E-state index contributed by atoms with van der Waals surface area (Å²) in [5.41, 5.74) is 1.00. The normalized spacial score (nSPS) is 15.7. The molecule has 0 aliphatic carbocycles.